The van der Waals surface area contributed by atoms with Crippen molar-refractivity contribution in [1.29, 1.82) is 0 Å². The zero-order valence-corrected chi connectivity index (χ0v) is 18.8. The second-order valence-corrected chi connectivity index (χ2v) is 6.66. The van der Waals surface area contributed by atoms with Crippen LogP contribution in [0.2, 0.25) is 5.02 Å². The standard InChI is InChI=1S/C20H23ClN2O6S/c1-25-14-8-12(13(21)9-15(14)26-2)10-22-20(30)23-19(24)11-6-16(27-3)18(29-5)17(7-11)28-4/h6-9H,10H2,1-5H3,(H2,22,23,24,30). The fraction of sp³-hybridized carbons (Fsp3) is 0.300. The highest BCUT2D eigenvalue weighted by atomic mass is 35.5. The van der Waals surface area contributed by atoms with Crippen LogP contribution in [0.5, 0.6) is 28.7 Å². The fourth-order valence-electron chi connectivity index (χ4n) is 2.64. The molecule has 162 valence electrons. The Kier molecular flexibility index (Phi) is 8.37. The van der Waals surface area contributed by atoms with E-state index in [-0.39, 0.29) is 17.2 Å². The number of carbonyl (C=O) groups is 1. The summed E-state index contributed by atoms with van der Waals surface area (Å²) in [5.74, 6) is 1.72. The summed E-state index contributed by atoms with van der Waals surface area (Å²) < 4.78 is 26.3. The van der Waals surface area contributed by atoms with E-state index in [1.165, 1.54) is 47.7 Å². The zero-order valence-electron chi connectivity index (χ0n) is 17.3. The Morgan fingerprint density at radius 3 is 1.90 bits per heavy atom. The van der Waals surface area contributed by atoms with Gasteiger partial charge in [0.25, 0.3) is 5.91 Å². The maximum Gasteiger partial charge on any atom is 0.257 e. The number of hydrogen-bond acceptors (Lipinski definition) is 7. The fourth-order valence-corrected chi connectivity index (χ4v) is 3.02. The first kappa shape index (κ1) is 23.4. The second-order valence-electron chi connectivity index (χ2n) is 5.85. The molecule has 0 bridgehead atoms. The van der Waals surface area contributed by atoms with Crippen molar-refractivity contribution >= 4 is 34.8 Å². The lowest BCUT2D eigenvalue weighted by molar-refractivity contribution is 0.0976. The van der Waals surface area contributed by atoms with Crippen molar-refractivity contribution in [2.75, 3.05) is 35.5 Å². The molecule has 0 atom stereocenters. The van der Waals surface area contributed by atoms with Crippen molar-refractivity contribution in [2.45, 2.75) is 6.54 Å². The van der Waals surface area contributed by atoms with Gasteiger partial charge in [-0.25, -0.2) is 0 Å². The minimum absolute atomic E-state index is 0.125. The number of nitrogens with one attached hydrogen (secondary N) is 2. The van der Waals surface area contributed by atoms with Crippen molar-refractivity contribution in [2.24, 2.45) is 0 Å². The largest absolute Gasteiger partial charge is 0.493 e. The number of thiocarbonyl (C=S) groups is 1. The van der Waals surface area contributed by atoms with Crippen LogP contribution in [0, 0.1) is 0 Å². The Labute approximate surface area is 185 Å². The molecule has 0 spiro atoms. The van der Waals surface area contributed by atoms with E-state index in [4.69, 9.17) is 47.5 Å². The summed E-state index contributed by atoms with van der Waals surface area (Å²) >= 11 is 11.5. The molecule has 2 N–H and O–H groups in total. The molecule has 0 aliphatic heterocycles. The summed E-state index contributed by atoms with van der Waals surface area (Å²) in [5, 5.41) is 6.14. The third-order valence-corrected chi connectivity index (χ3v) is 4.74. The van der Waals surface area contributed by atoms with Crippen molar-refractivity contribution in [1.82, 2.24) is 10.6 Å². The Morgan fingerprint density at radius 1 is 0.867 bits per heavy atom. The van der Waals surface area contributed by atoms with Crippen LogP contribution in [0.1, 0.15) is 15.9 Å². The normalized spacial score (nSPS) is 10.1. The van der Waals surface area contributed by atoms with Crippen LogP contribution in [0.4, 0.5) is 0 Å². The third-order valence-electron chi connectivity index (χ3n) is 4.15. The number of carbonyl (C=O) groups excluding carboxylic acids is 1. The van der Waals surface area contributed by atoms with E-state index in [2.05, 4.69) is 10.6 Å². The monoisotopic (exact) mass is 454 g/mol. The van der Waals surface area contributed by atoms with E-state index < -0.39 is 5.91 Å². The highest BCUT2D eigenvalue weighted by Gasteiger charge is 2.18. The lowest BCUT2D eigenvalue weighted by Gasteiger charge is -2.15. The molecule has 2 aromatic carbocycles. The van der Waals surface area contributed by atoms with Gasteiger partial charge in [0.1, 0.15) is 0 Å². The molecule has 0 radical (unpaired) electrons. The molecule has 0 heterocycles. The number of benzene rings is 2. The highest BCUT2D eigenvalue weighted by Crippen LogP contribution is 2.38. The van der Waals surface area contributed by atoms with Gasteiger partial charge in [0, 0.05) is 23.2 Å². The minimum Gasteiger partial charge on any atom is -0.493 e. The average molecular weight is 455 g/mol. The SMILES string of the molecule is COc1cc(Cl)c(CNC(=S)NC(=O)c2cc(OC)c(OC)c(OC)c2)cc1OC. The van der Waals surface area contributed by atoms with Crippen LogP contribution >= 0.6 is 23.8 Å². The molecule has 30 heavy (non-hydrogen) atoms. The maximum absolute atomic E-state index is 12.6. The number of amides is 1. The van der Waals surface area contributed by atoms with Gasteiger partial charge in [-0.2, -0.15) is 0 Å². The Hall–Kier alpha value is -2.91. The summed E-state index contributed by atoms with van der Waals surface area (Å²) in [6.07, 6.45) is 0. The average Bonchev–Trinajstić information content (AvgIpc) is 2.76. The third kappa shape index (κ3) is 5.37. The van der Waals surface area contributed by atoms with Gasteiger partial charge in [-0.05, 0) is 36.0 Å². The van der Waals surface area contributed by atoms with Crippen LogP contribution in [0.15, 0.2) is 24.3 Å². The number of rotatable bonds is 8. The van der Waals surface area contributed by atoms with Crippen LogP contribution in [-0.2, 0) is 6.54 Å². The Bertz CT molecular complexity index is 913. The first-order chi connectivity index (χ1) is 14.4. The van der Waals surface area contributed by atoms with E-state index in [1.807, 2.05) is 0 Å². The van der Waals surface area contributed by atoms with Crippen LogP contribution in [-0.4, -0.2) is 46.6 Å². The smallest absolute Gasteiger partial charge is 0.257 e. The first-order valence-electron chi connectivity index (χ1n) is 8.68. The van der Waals surface area contributed by atoms with Gasteiger partial charge in [-0.1, -0.05) is 11.6 Å². The van der Waals surface area contributed by atoms with Crippen molar-refractivity contribution in [3.63, 3.8) is 0 Å². The molecule has 10 heteroatoms. The van der Waals surface area contributed by atoms with Gasteiger partial charge in [0.05, 0.1) is 35.5 Å². The molecule has 0 saturated heterocycles. The van der Waals surface area contributed by atoms with Gasteiger partial charge >= 0.3 is 0 Å². The van der Waals surface area contributed by atoms with E-state index >= 15 is 0 Å². The molecule has 0 aliphatic carbocycles. The molecule has 0 saturated carbocycles. The van der Waals surface area contributed by atoms with Gasteiger partial charge in [-0.15, -0.1) is 0 Å². The second kappa shape index (κ2) is 10.7. The number of hydrogen-bond donors (Lipinski definition) is 2. The topological polar surface area (TPSA) is 87.3 Å². The molecule has 2 rings (SSSR count). The summed E-state index contributed by atoms with van der Waals surface area (Å²) in [7, 11) is 7.49. The number of ether oxygens (including phenoxy) is 5. The van der Waals surface area contributed by atoms with Crippen molar-refractivity contribution in [3.8, 4) is 28.7 Å². The molecule has 0 aromatic heterocycles. The Balaban J connectivity index is 2.09. The lowest BCUT2D eigenvalue weighted by Crippen LogP contribution is -2.38. The van der Waals surface area contributed by atoms with E-state index in [0.29, 0.717) is 33.8 Å². The number of methoxy groups -OCH3 is 5. The van der Waals surface area contributed by atoms with Crippen molar-refractivity contribution in [3.05, 3.63) is 40.4 Å². The molecular weight excluding hydrogens is 432 g/mol. The van der Waals surface area contributed by atoms with Crippen LogP contribution in [0.25, 0.3) is 0 Å². The van der Waals surface area contributed by atoms with Gasteiger partial charge in [0.2, 0.25) is 5.75 Å². The Morgan fingerprint density at radius 2 is 1.40 bits per heavy atom. The molecule has 8 nitrogen and oxygen atoms in total. The molecule has 0 fully saturated rings. The quantitative estimate of drug-likeness (QED) is 0.588. The van der Waals surface area contributed by atoms with Crippen LogP contribution in [0.3, 0.4) is 0 Å². The predicted molar refractivity (Wildman–Crippen MR) is 118 cm³/mol. The highest BCUT2D eigenvalue weighted by molar-refractivity contribution is 7.80. The molecular formula is C20H23ClN2O6S. The zero-order chi connectivity index (χ0) is 22.3. The van der Waals surface area contributed by atoms with Gasteiger partial charge in [0.15, 0.2) is 28.1 Å². The maximum atomic E-state index is 12.6. The molecule has 2 aromatic rings. The lowest BCUT2D eigenvalue weighted by atomic mass is 10.1. The van der Waals surface area contributed by atoms with E-state index in [9.17, 15) is 4.79 Å². The molecule has 0 aliphatic rings. The minimum atomic E-state index is -0.440. The van der Waals surface area contributed by atoms with Gasteiger partial charge < -0.3 is 29.0 Å². The summed E-state index contributed by atoms with van der Waals surface area (Å²) in [6.45, 7) is 0.271. The molecule has 1 amide bonds. The number of halogens is 1. The van der Waals surface area contributed by atoms with E-state index in [1.54, 1.807) is 12.1 Å². The van der Waals surface area contributed by atoms with Crippen LogP contribution < -0.4 is 34.3 Å². The van der Waals surface area contributed by atoms with E-state index in [0.717, 1.165) is 5.56 Å². The summed E-state index contributed by atoms with van der Waals surface area (Å²) in [6, 6.07) is 6.45. The first-order valence-corrected chi connectivity index (χ1v) is 9.46. The van der Waals surface area contributed by atoms with Gasteiger partial charge in [-0.3, -0.25) is 10.1 Å². The molecule has 0 unspecified atom stereocenters. The summed E-state index contributed by atoms with van der Waals surface area (Å²) in [5.41, 5.74) is 1.01. The van der Waals surface area contributed by atoms with Crippen molar-refractivity contribution < 1.29 is 28.5 Å². The summed E-state index contributed by atoms with van der Waals surface area (Å²) in [4.78, 5) is 12.6. The predicted octanol–water partition coefficient (Wildman–Crippen LogP) is 3.19.